The van der Waals surface area contributed by atoms with E-state index in [2.05, 4.69) is 10.3 Å². The number of fused-ring (bicyclic) bond motifs is 1. The van der Waals surface area contributed by atoms with Gasteiger partial charge in [-0.3, -0.25) is 9.59 Å². The molecule has 2 aliphatic rings. The van der Waals surface area contributed by atoms with Crippen LogP contribution in [0.25, 0.3) is 0 Å². The van der Waals surface area contributed by atoms with E-state index in [9.17, 15) is 9.59 Å². The van der Waals surface area contributed by atoms with Crippen LogP contribution in [0.4, 0.5) is 0 Å². The zero-order valence-corrected chi connectivity index (χ0v) is 10.1. The molecule has 0 amide bonds. The number of allylic oxidation sites excluding steroid dienone is 2. The van der Waals surface area contributed by atoms with E-state index in [1.165, 1.54) is 11.8 Å². The molecule has 86 valence electrons. The maximum Gasteiger partial charge on any atom is 0.229 e. The highest BCUT2D eigenvalue weighted by atomic mass is 32.2. The van der Waals surface area contributed by atoms with Crippen LogP contribution in [0, 0.1) is 6.92 Å². The van der Waals surface area contributed by atoms with E-state index >= 15 is 0 Å². The number of nitrogens with one attached hydrogen (secondary N) is 1. The molecule has 1 aromatic rings. The monoisotopic (exact) mass is 246 g/mol. The van der Waals surface area contributed by atoms with Gasteiger partial charge in [0.15, 0.2) is 0 Å². The van der Waals surface area contributed by atoms with Crippen molar-refractivity contribution >= 4 is 23.3 Å². The molecule has 1 aliphatic carbocycles. The van der Waals surface area contributed by atoms with Gasteiger partial charge in [-0.05, 0) is 19.1 Å². The van der Waals surface area contributed by atoms with E-state index < -0.39 is 0 Å². The van der Waals surface area contributed by atoms with Crippen LogP contribution in [0.5, 0.6) is 0 Å². The third kappa shape index (κ3) is 1.50. The Bertz CT molecular complexity index is 578. The van der Waals surface area contributed by atoms with Gasteiger partial charge in [0.05, 0.1) is 10.5 Å². The molecule has 2 heterocycles. The van der Waals surface area contributed by atoms with E-state index in [0.29, 0.717) is 22.7 Å². The van der Waals surface area contributed by atoms with Crippen molar-refractivity contribution in [3.8, 4) is 0 Å². The van der Waals surface area contributed by atoms with Gasteiger partial charge in [-0.15, -0.1) is 11.8 Å². The molecule has 1 N–H and O–H groups in total. The third-order valence-corrected chi connectivity index (χ3v) is 3.89. The van der Waals surface area contributed by atoms with Gasteiger partial charge in [-0.1, -0.05) is 0 Å². The van der Waals surface area contributed by atoms with Gasteiger partial charge < -0.3 is 5.32 Å². The number of carbonyl (C=O) groups is 2. The van der Waals surface area contributed by atoms with Gasteiger partial charge in [-0.2, -0.15) is 0 Å². The van der Waals surface area contributed by atoms with Crippen molar-refractivity contribution in [2.24, 2.45) is 0 Å². The third-order valence-electron chi connectivity index (χ3n) is 2.80. The summed E-state index contributed by atoms with van der Waals surface area (Å²) in [5.74, 6) is 0.566. The second-order valence-electron chi connectivity index (χ2n) is 3.99. The Hall–Kier alpha value is -1.62. The van der Waals surface area contributed by atoms with Gasteiger partial charge in [0.1, 0.15) is 11.4 Å². The fourth-order valence-corrected chi connectivity index (χ4v) is 2.96. The molecule has 0 fully saturated rings. The lowest BCUT2D eigenvalue weighted by atomic mass is 9.96. The summed E-state index contributed by atoms with van der Waals surface area (Å²) in [7, 11) is 0. The lowest BCUT2D eigenvalue weighted by Gasteiger charge is -2.24. The Morgan fingerprint density at radius 3 is 2.94 bits per heavy atom. The number of aromatic nitrogens is 1. The molecule has 17 heavy (non-hydrogen) atoms. The zero-order valence-electron chi connectivity index (χ0n) is 9.24. The first kappa shape index (κ1) is 10.5. The number of aryl methyl sites for hydroxylation is 1. The van der Waals surface area contributed by atoms with Gasteiger partial charge >= 0.3 is 0 Å². The molecule has 0 aromatic carbocycles. The van der Waals surface area contributed by atoms with Crippen LogP contribution in [0.3, 0.4) is 0 Å². The average molecular weight is 246 g/mol. The Morgan fingerprint density at radius 1 is 1.29 bits per heavy atom. The summed E-state index contributed by atoms with van der Waals surface area (Å²) < 4.78 is 0. The van der Waals surface area contributed by atoms with Crippen LogP contribution in [-0.2, 0) is 0 Å². The first-order valence-corrected chi connectivity index (χ1v) is 6.35. The minimum Gasteiger partial charge on any atom is -0.380 e. The second-order valence-corrected chi connectivity index (χ2v) is 5.09. The first-order valence-electron chi connectivity index (χ1n) is 5.36. The fourth-order valence-electron chi connectivity index (χ4n) is 2.00. The first-order chi connectivity index (χ1) is 8.18. The van der Waals surface area contributed by atoms with Crippen molar-refractivity contribution in [2.75, 3.05) is 12.3 Å². The largest absolute Gasteiger partial charge is 0.380 e. The summed E-state index contributed by atoms with van der Waals surface area (Å²) in [6.45, 7) is 2.52. The maximum absolute atomic E-state index is 12.2. The van der Waals surface area contributed by atoms with Gasteiger partial charge in [0.25, 0.3) is 0 Å². The standard InChI is InChI=1S/C12H10N2O2S/c1-6-2-3-7-8(14-6)11(16)9-12(10(7)15)17-5-4-13-9/h2-3,13H,4-5H2,1H3. The van der Waals surface area contributed by atoms with Crippen LogP contribution in [0.2, 0.25) is 0 Å². The Labute approximate surface area is 103 Å². The molecule has 0 unspecified atom stereocenters. The van der Waals surface area contributed by atoms with Crippen molar-refractivity contribution in [3.63, 3.8) is 0 Å². The van der Waals surface area contributed by atoms with Crippen LogP contribution >= 0.6 is 11.8 Å². The lowest BCUT2D eigenvalue weighted by Crippen LogP contribution is -2.34. The molecule has 0 atom stereocenters. The van der Waals surface area contributed by atoms with Crippen LogP contribution in [-0.4, -0.2) is 28.8 Å². The molecule has 0 saturated heterocycles. The SMILES string of the molecule is Cc1ccc2c(n1)C(=O)C1=C(SCCN1)C2=O. The van der Waals surface area contributed by atoms with Crippen molar-refractivity contribution in [1.29, 1.82) is 0 Å². The molecule has 3 rings (SSSR count). The molecule has 0 saturated carbocycles. The van der Waals surface area contributed by atoms with Crippen molar-refractivity contribution in [3.05, 3.63) is 39.7 Å². The average Bonchev–Trinajstić information content (AvgIpc) is 2.36. The van der Waals surface area contributed by atoms with Gasteiger partial charge in [-0.25, -0.2) is 4.98 Å². The maximum atomic E-state index is 12.2. The summed E-state index contributed by atoms with van der Waals surface area (Å²) >= 11 is 1.45. The zero-order chi connectivity index (χ0) is 12.0. The van der Waals surface area contributed by atoms with Gasteiger partial charge in [0.2, 0.25) is 11.6 Å². The highest BCUT2D eigenvalue weighted by Gasteiger charge is 2.35. The topological polar surface area (TPSA) is 59.1 Å². The van der Waals surface area contributed by atoms with Crippen LogP contribution in [0.15, 0.2) is 22.7 Å². The minimum atomic E-state index is -0.162. The molecule has 4 nitrogen and oxygen atoms in total. The highest BCUT2D eigenvalue weighted by molar-refractivity contribution is 8.04. The van der Waals surface area contributed by atoms with Crippen molar-refractivity contribution < 1.29 is 9.59 Å². The molecule has 0 spiro atoms. The van der Waals surface area contributed by atoms with E-state index in [1.54, 1.807) is 12.1 Å². The molecule has 1 aliphatic heterocycles. The molecule has 0 bridgehead atoms. The number of hydrogen-bond donors (Lipinski definition) is 1. The summed E-state index contributed by atoms with van der Waals surface area (Å²) in [5.41, 5.74) is 1.88. The molecule has 1 aromatic heterocycles. The molecular formula is C12H10N2O2S. The number of ketones is 2. The normalized spacial score (nSPS) is 18.6. The van der Waals surface area contributed by atoms with Gasteiger partial charge in [0, 0.05) is 18.0 Å². The Balaban J connectivity index is 2.22. The highest BCUT2D eigenvalue weighted by Crippen LogP contribution is 2.32. The number of hydrogen-bond acceptors (Lipinski definition) is 5. The Morgan fingerprint density at radius 2 is 2.12 bits per heavy atom. The second kappa shape index (κ2) is 3.70. The molecular weight excluding hydrogens is 236 g/mol. The summed E-state index contributed by atoms with van der Waals surface area (Å²) in [6, 6.07) is 3.45. The predicted octanol–water partition coefficient (Wildman–Crippen LogP) is 1.32. The van der Waals surface area contributed by atoms with Crippen molar-refractivity contribution in [2.45, 2.75) is 6.92 Å². The van der Waals surface area contributed by atoms with Crippen LogP contribution < -0.4 is 5.32 Å². The summed E-state index contributed by atoms with van der Waals surface area (Å²) in [4.78, 5) is 29.1. The van der Waals surface area contributed by atoms with Crippen LogP contribution in [0.1, 0.15) is 26.5 Å². The molecule has 5 heteroatoms. The lowest BCUT2D eigenvalue weighted by molar-refractivity contribution is 0.0970. The number of Topliss-reactive ketones (excluding diaryl/α,β-unsaturated/α-hetero) is 2. The minimum absolute atomic E-state index is 0.0840. The van der Waals surface area contributed by atoms with E-state index in [0.717, 1.165) is 11.4 Å². The number of pyridine rings is 1. The number of thioether (sulfide) groups is 1. The quantitative estimate of drug-likeness (QED) is 0.748. The smallest absolute Gasteiger partial charge is 0.229 e. The number of nitrogens with zero attached hydrogens (tertiary/aromatic N) is 1. The van der Waals surface area contributed by atoms with E-state index in [-0.39, 0.29) is 17.3 Å². The van der Waals surface area contributed by atoms with Crippen molar-refractivity contribution in [1.82, 2.24) is 10.3 Å². The summed E-state index contributed by atoms with van der Waals surface area (Å²) in [5, 5.41) is 3.01. The number of rotatable bonds is 0. The predicted molar refractivity (Wildman–Crippen MR) is 65.1 cm³/mol. The molecule has 0 radical (unpaired) electrons. The fraction of sp³-hybridized carbons (Fsp3) is 0.250. The Kier molecular flexibility index (Phi) is 2.29. The van der Waals surface area contributed by atoms with E-state index in [1.807, 2.05) is 6.92 Å². The summed E-state index contributed by atoms with van der Waals surface area (Å²) in [6.07, 6.45) is 0. The van der Waals surface area contributed by atoms with E-state index in [4.69, 9.17) is 0 Å². The number of carbonyl (C=O) groups excluding carboxylic acids is 2.